The molecule has 0 aromatic carbocycles. The van der Waals surface area contributed by atoms with Crippen LogP contribution in [0.25, 0.3) is 0 Å². The predicted octanol–water partition coefficient (Wildman–Crippen LogP) is -0.0700. The Bertz CT molecular complexity index is 151. The Morgan fingerprint density at radius 1 is 1.29 bits per heavy atom. The van der Waals surface area contributed by atoms with Gasteiger partial charge in [0.25, 0.3) is 0 Å². The third-order valence-electron chi connectivity index (χ3n) is 1.49. The summed E-state index contributed by atoms with van der Waals surface area (Å²) in [6, 6.07) is 0.0602. The zero-order valence-corrected chi connectivity index (χ0v) is 9.22. The average Bonchev–Trinajstić information content (AvgIpc) is 2.10. The van der Waals surface area contributed by atoms with Crippen LogP contribution in [-0.2, 0) is 4.74 Å². The summed E-state index contributed by atoms with van der Waals surface area (Å²) in [5, 5.41) is 8.61. The quantitative estimate of drug-likeness (QED) is 0.508. The number of nitrogens with one attached hydrogen (secondary N) is 3. The molecule has 0 saturated carbocycles. The summed E-state index contributed by atoms with van der Waals surface area (Å²) < 4.78 is 4.86. The lowest BCUT2D eigenvalue weighted by Crippen LogP contribution is -2.42. The molecule has 0 saturated heterocycles. The van der Waals surface area contributed by atoms with Crippen molar-refractivity contribution in [1.29, 1.82) is 0 Å². The minimum atomic E-state index is -0.117. The fourth-order valence-electron chi connectivity index (χ4n) is 0.877. The Hall–Kier alpha value is -0.810. The van der Waals surface area contributed by atoms with Gasteiger partial charge in [0.1, 0.15) is 0 Å². The van der Waals surface area contributed by atoms with Gasteiger partial charge in [0.05, 0.1) is 6.61 Å². The van der Waals surface area contributed by atoms with Gasteiger partial charge in [-0.05, 0) is 13.8 Å². The summed E-state index contributed by atoms with van der Waals surface area (Å²) in [5.41, 5.74) is 0. The maximum atomic E-state index is 11.1. The first-order chi connectivity index (χ1) is 6.66. The average molecular weight is 203 g/mol. The van der Waals surface area contributed by atoms with Crippen molar-refractivity contribution in [3.63, 3.8) is 0 Å². The van der Waals surface area contributed by atoms with E-state index in [4.69, 9.17) is 4.74 Å². The summed E-state index contributed by atoms with van der Waals surface area (Å²) in [7, 11) is 1.66. The Balaban J connectivity index is 3.15. The number of methoxy groups -OCH3 is 1. The van der Waals surface area contributed by atoms with Crippen molar-refractivity contribution in [1.82, 2.24) is 16.0 Å². The van der Waals surface area contributed by atoms with E-state index in [0.717, 1.165) is 13.1 Å². The summed E-state index contributed by atoms with van der Waals surface area (Å²) >= 11 is 0. The molecule has 0 fully saturated rings. The molecule has 14 heavy (non-hydrogen) atoms. The molecule has 0 rings (SSSR count). The highest BCUT2D eigenvalue weighted by molar-refractivity contribution is 5.74. The summed E-state index contributed by atoms with van der Waals surface area (Å²) in [4.78, 5) is 11.1. The highest BCUT2D eigenvalue weighted by atomic mass is 16.5. The molecule has 0 aromatic rings. The van der Waals surface area contributed by atoms with Gasteiger partial charge in [-0.25, -0.2) is 4.79 Å². The van der Waals surface area contributed by atoms with Crippen LogP contribution in [-0.4, -0.2) is 45.4 Å². The predicted molar refractivity (Wildman–Crippen MR) is 56.4 cm³/mol. The number of amides is 2. The lowest BCUT2D eigenvalue weighted by atomic mass is 10.4. The number of urea groups is 1. The van der Waals surface area contributed by atoms with Crippen LogP contribution in [0, 0.1) is 0 Å². The lowest BCUT2D eigenvalue weighted by molar-refractivity contribution is 0.199. The molecule has 0 aliphatic heterocycles. The van der Waals surface area contributed by atoms with Crippen LogP contribution in [0.3, 0.4) is 0 Å². The van der Waals surface area contributed by atoms with Crippen LogP contribution in [0.5, 0.6) is 0 Å². The molecule has 2 amide bonds. The molecule has 84 valence electrons. The number of ether oxygens (including phenoxy) is 1. The second kappa shape index (κ2) is 8.77. The van der Waals surface area contributed by atoms with Crippen molar-refractivity contribution in [3.8, 4) is 0 Å². The third kappa shape index (κ3) is 9.28. The van der Waals surface area contributed by atoms with Gasteiger partial charge in [-0.1, -0.05) is 0 Å². The van der Waals surface area contributed by atoms with Crippen molar-refractivity contribution in [2.24, 2.45) is 0 Å². The standard InChI is InChI=1S/C9H21N3O2/c1-8(2)12-9(13)11-5-4-10-6-7-14-3/h8,10H,4-7H2,1-3H3,(H2,11,12,13). The van der Waals surface area contributed by atoms with Crippen LogP contribution in [0.2, 0.25) is 0 Å². The van der Waals surface area contributed by atoms with Crippen LogP contribution in [0.4, 0.5) is 4.79 Å². The molecule has 0 spiro atoms. The smallest absolute Gasteiger partial charge is 0.315 e. The number of carbonyl (C=O) groups excluding carboxylic acids is 1. The number of carbonyl (C=O) groups is 1. The Morgan fingerprint density at radius 3 is 2.57 bits per heavy atom. The van der Waals surface area contributed by atoms with Gasteiger partial charge in [0.2, 0.25) is 0 Å². The van der Waals surface area contributed by atoms with E-state index in [9.17, 15) is 4.79 Å². The minimum Gasteiger partial charge on any atom is -0.383 e. The van der Waals surface area contributed by atoms with Gasteiger partial charge in [0, 0.05) is 32.8 Å². The fraction of sp³-hybridized carbons (Fsp3) is 0.889. The monoisotopic (exact) mass is 203 g/mol. The van der Waals surface area contributed by atoms with Gasteiger partial charge >= 0.3 is 6.03 Å². The van der Waals surface area contributed by atoms with E-state index in [0.29, 0.717) is 13.2 Å². The van der Waals surface area contributed by atoms with Gasteiger partial charge in [-0.15, -0.1) is 0 Å². The highest BCUT2D eigenvalue weighted by Gasteiger charge is 1.99. The Labute approximate surface area is 85.6 Å². The summed E-state index contributed by atoms with van der Waals surface area (Å²) in [5.74, 6) is 0. The molecule has 0 aromatic heterocycles. The first-order valence-corrected chi connectivity index (χ1v) is 4.91. The minimum absolute atomic E-state index is 0.117. The van der Waals surface area contributed by atoms with E-state index >= 15 is 0 Å². The molecule has 3 N–H and O–H groups in total. The van der Waals surface area contributed by atoms with Gasteiger partial charge < -0.3 is 20.7 Å². The first kappa shape index (κ1) is 13.2. The van der Waals surface area contributed by atoms with Crippen molar-refractivity contribution in [3.05, 3.63) is 0 Å². The fourth-order valence-corrected chi connectivity index (χ4v) is 0.877. The van der Waals surface area contributed by atoms with Crippen LogP contribution in [0.15, 0.2) is 0 Å². The maximum absolute atomic E-state index is 11.1. The zero-order valence-electron chi connectivity index (χ0n) is 9.22. The van der Waals surface area contributed by atoms with Crippen LogP contribution >= 0.6 is 0 Å². The normalized spacial score (nSPS) is 10.3. The van der Waals surface area contributed by atoms with Crippen LogP contribution < -0.4 is 16.0 Å². The Morgan fingerprint density at radius 2 is 2.00 bits per heavy atom. The molecular formula is C9H21N3O2. The van der Waals surface area contributed by atoms with Crippen LogP contribution in [0.1, 0.15) is 13.8 Å². The molecule has 0 atom stereocenters. The van der Waals surface area contributed by atoms with E-state index in [1.165, 1.54) is 0 Å². The Kier molecular flexibility index (Phi) is 8.27. The van der Waals surface area contributed by atoms with Gasteiger partial charge in [-0.2, -0.15) is 0 Å². The third-order valence-corrected chi connectivity index (χ3v) is 1.49. The van der Waals surface area contributed by atoms with Crippen molar-refractivity contribution < 1.29 is 9.53 Å². The summed E-state index contributed by atoms with van der Waals surface area (Å²) in [6.07, 6.45) is 0. The molecule has 5 nitrogen and oxygen atoms in total. The topological polar surface area (TPSA) is 62.4 Å². The number of hydrogen-bond donors (Lipinski definition) is 3. The molecule has 0 bridgehead atoms. The van der Waals surface area contributed by atoms with E-state index in [2.05, 4.69) is 16.0 Å². The van der Waals surface area contributed by atoms with E-state index in [1.807, 2.05) is 13.8 Å². The molecule has 0 aliphatic rings. The molecule has 0 heterocycles. The summed E-state index contributed by atoms with van der Waals surface area (Å²) in [6.45, 7) is 6.74. The molecular weight excluding hydrogens is 182 g/mol. The molecule has 0 aliphatic carbocycles. The molecule has 5 heteroatoms. The number of hydrogen-bond acceptors (Lipinski definition) is 3. The second-order valence-electron chi connectivity index (χ2n) is 3.30. The number of rotatable bonds is 7. The van der Waals surface area contributed by atoms with Gasteiger partial charge in [-0.3, -0.25) is 0 Å². The van der Waals surface area contributed by atoms with Gasteiger partial charge in [0.15, 0.2) is 0 Å². The molecule has 0 unspecified atom stereocenters. The van der Waals surface area contributed by atoms with Crippen molar-refractivity contribution in [2.45, 2.75) is 19.9 Å². The zero-order chi connectivity index (χ0) is 10.8. The van der Waals surface area contributed by atoms with Crippen molar-refractivity contribution in [2.75, 3.05) is 33.4 Å². The van der Waals surface area contributed by atoms with E-state index in [-0.39, 0.29) is 12.1 Å². The largest absolute Gasteiger partial charge is 0.383 e. The first-order valence-electron chi connectivity index (χ1n) is 4.91. The van der Waals surface area contributed by atoms with E-state index in [1.54, 1.807) is 7.11 Å². The van der Waals surface area contributed by atoms with Crippen molar-refractivity contribution >= 4 is 6.03 Å². The maximum Gasteiger partial charge on any atom is 0.315 e. The second-order valence-corrected chi connectivity index (χ2v) is 3.30. The molecule has 0 radical (unpaired) electrons. The highest BCUT2D eigenvalue weighted by Crippen LogP contribution is 1.75. The lowest BCUT2D eigenvalue weighted by Gasteiger charge is -2.10. The SMILES string of the molecule is COCCNCCNC(=O)NC(C)C. The van der Waals surface area contributed by atoms with E-state index < -0.39 is 0 Å².